The number of anilines is 2. The highest BCUT2D eigenvalue weighted by Gasteiger charge is 2.22. The normalized spacial score (nSPS) is 13.8. The van der Waals surface area contributed by atoms with Crippen LogP contribution in [-0.4, -0.2) is 54.2 Å². The molecule has 7 heteroatoms. The van der Waals surface area contributed by atoms with Crippen LogP contribution in [0.5, 0.6) is 5.75 Å². The quantitative estimate of drug-likeness (QED) is 0.717. The summed E-state index contributed by atoms with van der Waals surface area (Å²) in [6.45, 7) is 4.75. The van der Waals surface area contributed by atoms with E-state index in [2.05, 4.69) is 51.4 Å². The van der Waals surface area contributed by atoms with Gasteiger partial charge in [-0.3, -0.25) is 0 Å². The average Bonchev–Trinajstić information content (AvgIpc) is 2.80. The number of aromatic nitrogens is 2. The van der Waals surface area contributed by atoms with E-state index in [9.17, 15) is 4.79 Å². The van der Waals surface area contributed by atoms with Crippen LogP contribution >= 0.6 is 0 Å². The molecule has 1 aliphatic heterocycles. The summed E-state index contributed by atoms with van der Waals surface area (Å²) in [7, 11) is 1.61. The molecule has 2 heterocycles. The van der Waals surface area contributed by atoms with Crippen molar-refractivity contribution in [1.29, 1.82) is 0 Å². The van der Waals surface area contributed by atoms with E-state index in [0.717, 1.165) is 35.9 Å². The Morgan fingerprint density at radius 2 is 1.77 bits per heavy atom. The number of carbonyl (C=O) groups is 1. The number of benzene rings is 2. The van der Waals surface area contributed by atoms with Crippen molar-refractivity contribution < 1.29 is 9.53 Å². The Kier molecular flexibility index (Phi) is 5.79. The lowest BCUT2D eigenvalue weighted by atomic mass is 10.1. The molecular formula is C23H25N5O2. The maximum absolute atomic E-state index is 12.6. The number of urea groups is 1. The molecule has 0 spiro atoms. The highest BCUT2D eigenvalue weighted by atomic mass is 16.5. The van der Waals surface area contributed by atoms with Gasteiger partial charge >= 0.3 is 6.03 Å². The Morgan fingerprint density at radius 3 is 2.50 bits per heavy atom. The summed E-state index contributed by atoms with van der Waals surface area (Å²) in [6.07, 6.45) is 1.60. The monoisotopic (exact) mass is 403 g/mol. The molecule has 7 nitrogen and oxygen atoms in total. The lowest BCUT2D eigenvalue weighted by Crippen LogP contribution is -2.50. The number of rotatable bonds is 4. The molecule has 154 valence electrons. The van der Waals surface area contributed by atoms with Gasteiger partial charge in [0.05, 0.1) is 12.8 Å². The summed E-state index contributed by atoms with van der Waals surface area (Å²) in [6, 6.07) is 17.6. The fraction of sp³-hybridized carbons (Fsp3) is 0.261. The van der Waals surface area contributed by atoms with Gasteiger partial charge in [-0.05, 0) is 19.1 Å². The molecule has 1 aliphatic rings. The number of hydrogen-bond acceptors (Lipinski definition) is 5. The van der Waals surface area contributed by atoms with Crippen molar-refractivity contribution in [2.45, 2.75) is 6.92 Å². The summed E-state index contributed by atoms with van der Waals surface area (Å²) < 4.78 is 5.21. The Hall–Kier alpha value is -3.61. The number of amides is 2. The van der Waals surface area contributed by atoms with E-state index in [0.29, 0.717) is 18.8 Å². The predicted octanol–water partition coefficient (Wildman–Crippen LogP) is 3.81. The second kappa shape index (κ2) is 8.82. The highest BCUT2D eigenvalue weighted by Crippen LogP contribution is 2.22. The highest BCUT2D eigenvalue weighted by molar-refractivity contribution is 5.89. The number of carbonyl (C=O) groups excluding carboxylic acids is 1. The minimum absolute atomic E-state index is 0.106. The van der Waals surface area contributed by atoms with Gasteiger partial charge in [-0.25, -0.2) is 14.8 Å². The first-order valence-corrected chi connectivity index (χ1v) is 9.96. The number of piperazine rings is 1. The number of nitrogens with one attached hydrogen (secondary N) is 1. The van der Waals surface area contributed by atoms with E-state index in [1.54, 1.807) is 13.4 Å². The standard InChI is InChI=1S/C23H25N5O2/c1-17-6-8-18(9-7-17)21-15-22(25-16-24-21)27-10-12-28(13-11-27)23(29)26-19-4-3-5-20(14-19)30-2/h3-9,14-16H,10-13H2,1-2H3,(H,26,29). The SMILES string of the molecule is COc1cccc(NC(=O)N2CCN(c3cc(-c4ccc(C)cc4)ncn3)CC2)c1. The van der Waals surface area contributed by atoms with Gasteiger partial charge in [0, 0.05) is 49.6 Å². The molecule has 1 saturated heterocycles. The summed E-state index contributed by atoms with van der Waals surface area (Å²) in [4.78, 5) is 25.5. The maximum atomic E-state index is 12.6. The third-order valence-electron chi connectivity index (χ3n) is 5.21. The van der Waals surface area contributed by atoms with E-state index < -0.39 is 0 Å². The van der Waals surface area contributed by atoms with Gasteiger partial charge in [-0.2, -0.15) is 0 Å². The van der Waals surface area contributed by atoms with Crippen LogP contribution in [0, 0.1) is 6.92 Å². The third kappa shape index (κ3) is 4.51. The van der Waals surface area contributed by atoms with Crippen molar-refractivity contribution in [2.24, 2.45) is 0 Å². The Labute approximate surface area is 176 Å². The Balaban J connectivity index is 1.38. The fourth-order valence-electron chi connectivity index (χ4n) is 3.44. The van der Waals surface area contributed by atoms with E-state index in [4.69, 9.17) is 4.74 Å². The van der Waals surface area contributed by atoms with Crippen molar-refractivity contribution in [3.05, 3.63) is 66.5 Å². The molecule has 1 N–H and O–H groups in total. The van der Waals surface area contributed by atoms with Crippen molar-refractivity contribution in [2.75, 3.05) is 43.5 Å². The van der Waals surface area contributed by atoms with Gasteiger partial charge in [-0.1, -0.05) is 35.9 Å². The van der Waals surface area contributed by atoms with Gasteiger partial charge in [0.2, 0.25) is 0 Å². The molecule has 4 rings (SSSR count). The summed E-state index contributed by atoms with van der Waals surface area (Å²) >= 11 is 0. The van der Waals surface area contributed by atoms with Crippen LogP contribution in [0.15, 0.2) is 60.9 Å². The number of hydrogen-bond donors (Lipinski definition) is 1. The molecule has 2 aromatic carbocycles. The zero-order chi connectivity index (χ0) is 20.9. The molecule has 0 aliphatic carbocycles. The summed E-state index contributed by atoms with van der Waals surface area (Å²) in [5, 5.41) is 2.94. The zero-order valence-electron chi connectivity index (χ0n) is 17.2. The number of ether oxygens (including phenoxy) is 1. The second-order valence-electron chi connectivity index (χ2n) is 7.26. The van der Waals surface area contributed by atoms with Crippen LogP contribution < -0.4 is 15.0 Å². The van der Waals surface area contributed by atoms with E-state index in [1.807, 2.05) is 35.2 Å². The molecule has 3 aromatic rings. The third-order valence-corrected chi connectivity index (χ3v) is 5.21. The van der Waals surface area contributed by atoms with Crippen molar-refractivity contribution in [3.63, 3.8) is 0 Å². The van der Waals surface area contributed by atoms with Gasteiger partial charge < -0.3 is 19.9 Å². The smallest absolute Gasteiger partial charge is 0.321 e. The molecule has 0 atom stereocenters. The van der Waals surface area contributed by atoms with E-state index in [-0.39, 0.29) is 6.03 Å². The number of nitrogens with zero attached hydrogens (tertiary/aromatic N) is 4. The zero-order valence-corrected chi connectivity index (χ0v) is 17.2. The molecule has 0 unspecified atom stereocenters. The largest absolute Gasteiger partial charge is 0.497 e. The van der Waals surface area contributed by atoms with Crippen LogP contribution in [0.3, 0.4) is 0 Å². The van der Waals surface area contributed by atoms with Gasteiger partial charge in [0.25, 0.3) is 0 Å². The molecule has 0 saturated carbocycles. The first-order valence-electron chi connectivity index (χ1n) is 9.96. The minimum atomic E-state index is -0.106. The summed E-state index contributed by atoms with van der Waals surface area (Å²) in [5.74, 6) is 1.60. The topological polar surface area (TPSA) is 70.6 Å². The van der Waals surface area contributed by atoms with E-state index in [1.165, 1.54) is 5.56 Å². The fourth-order valence-corrected chi connectivity index (χ4v) is 3.44. The number of aryl methyl sites for hydroxylation is 1. The lowest BCUT2D eigenvalue weighted by molar-refractivity contribution is 0.208. The molecule has 0 bridgehead atoms. The second-order valence-corrected chi connectivity index (χ2v) is 7.26. The molecule has 30 heavy (non-hydrogen) atoms. The molecule has 1 aromatic heterocycles. The minimum Gasteiger partial charge on any atom is -0.497 e. The molecular weight excluding hydrogens is 378 g/mol. The molecule has 1 fully saturated rings. The summed E-state index contributed by atoms with van der Waals surface area (Å²) in [5.41, 5.74) is 3.91. The maximum Gasteiger partial charge on any atom is 0.321 e. The van der Waals surface area contributed by atoms with Crippen LogP contribution in [0.4, 0.5) is 16.3 Å². The first-order chi connectivity index (χ1) is 14.6. The van der Waals surface area contributed by atoms with Crippen LogP contribution in [-0.2, 0) is 0 Å². The average molecular weight is 403 g/mol. The van der Waals surface area contributed by atoms with Crippen LogP contribution in [0.2, 0.25) is 0 Å². The first kappa shape index (κ1) is 19.7. The molecule has 2 amide bonds. The van der Waals surface area contributed by atoms with Crippen molar-refractivity contribution in [1.82, 2.24) is 14.9 Å². The van der Waals surface area contributed by atoms with Crippen molar-refractivity contribution >= 4 is 17.5 Å². The van der Waals surface area contributed by atoms with Crippen molar-refractivity contribution in [3.8, 4) is 17.0 Å². The van der Waals surface area contributed by atoms with Gasteiger partial charge in [0.1, 0.15) is 17.9 Å². The lowest BCUT2D eigenvalue weighted by Gasteiger charge is -2.35. The van der Waals surface area contributed by atoms with Gasteiger partial charge in [0.15, 0.2) is 0 Å². The Bertz CT molecular complexity index is 1010. The number of methoxy groups -OCH3 is 1. The Morgan fingerprint density at radius 1 is 1.00 bits per heavy atom. The predicted molar refractivity (Wildman–Crippen MR) is 118 cm³/mol. The van der Waals surface area contributed by atoms with Gasteiger partial charge in [-0.15, -0.1) is 0 Å². The van der Waals surface area contributed by atoms with Crippen LogP contribution in [0.1, 0.15) is 5.56 Å². The van der Waals surface area contributed by atoms with E-state index >= 15 is 0 Å². The molecule has 0 radical (unpaired) electrons. The van der Waals surface area contributed by atoms with Crippen LogP contribution in [0.25, 0.3) is 11.3 Å².